The van der Waals surface area contributed by atoms with E-state index in [0.29, 0.717) is 11.6 Å². The maximum absolute atomic E-state index is 11.3. The number of hydrogen-bond acceptors (Lipinski definition) is 4. The fraction of sp³-hybridized carbons (Fsp3) is 0.533. The minimum Gasteiger partial charge on any atom is -0.465 e. The van der Waals surface area contributed by atoms with Crippen molar-refractivity contribution in [2.75, 3.05) is 25.5 Å². The van der Waals surface area contributed by atoms with Crippen molar-refractivity contribution in [3.05, 3.63) is 29.8 Å². The molecule has 1 fully saturated rings. The number of rotatable bonds is 5. The van der Waals surface area contributed by atoms with E-state index in [1.165, 1.54) is 26.4 Å². The Hall–Kier alpha value is -1.55. The summed E-state index contributed by atoms with van der Waals surface area (Å²) in [5.74, 6) is -0.294. The van der Waals surface area contributed by atoms with Crippen molar-refractivity contribution in [2.24, 2.45) is 0 Å². The number of benzene rings is 1. The molecule has 1 heterocycles. The van der Waals surface area contributed by atoms with Gasteiger partial charge in [-0.3, -0.25) is 0 Å². The predicted octanol–water partition coefficient (Wildman–Crippen LogP) is 2.42. The zero-order valence-electron chi connectivity index (χ0n) is 11.4. The number of ether oxygens (including phenoxy) is 1. The highest BCUT2D eigenvalue weighted by molar-refractivity contribution is 5.89. The molecule has 1 aliphatic rings. The SMILES string of the molecule is COC(=O)c1ccc(NCCC2CCCCN2)cc1. The summed E-state index contributed by atoms with van der Waals surface area (Å²) in [4.78, 5) is 11.3. The molecule has 1 aromatic carbocycles. The molecule has 0 amide bonds. The minimum absolute atomic E-state index is 0.294. The Morgan fingerprint density at radius 3 is 2.79 bits per heavy atom. The fourth-order valence-electron chi connectivity index (χ4n) is 2.40. The molecule has 0 aliphatic carbocycles. The number of anilines is 1. The molecule has 1 aliphatic heterocycles. The van der Waals surface area contributed by atoms with Gasteiger partial charge in [-0.05, 0) is 50.1 Å². The van der Waals surface area contributed by atoms with Crippen LogP contribution in [0, 0.1) is 0 Å². The van der Waals surface area contributed by atoms with E-state index in [4.69, 9.17) is 0 Å². The van der Waals surface area contributed by atoms with Crippen molar-refractivity contribution in [3.8, 4) is 0 Å². The smallest absolute Gasteiger partial charge is 0.337 e. The molecule has 2 N–H and O–H groups in total. The molecule has 0 bridgehead atoms. The molecule has 1 saturated heterocycles. The molecule has 0 spiro atoms. The molecule has 1 atom stereocenters. The quantitative estimate of drug-likeness (QED) is 0.800. The van der Waals surface area contributed by atoms with Gasteiger partial charge >= 0.3 is 5.97 Å². The largest absolute Gasteiger partial charge is 0.465 e. The molecule has 1 aromatic rings. The highest BCUT2D eigenvalue weighted by Gasteiger charge is 2.11. The second kappa shape index (κ2) is 7.14. The summed E-state index contributed by atoms with van der Waals surface area (Å²) in [6, 6.07) is 8.05. The number of hydrogen-bond donors (Lipinski definition) is 2. The zero-order chi connectivity index (χ0) is 13.5. The molecule has 4 heteroatoms. The summed E-state index contributed by atoms with van der Waals surface area (Å²) >= 11 is 0. The first-order valence-corrected chi connectivity index (χ1v) is 6.95. The second-order valence-electron chi connectivity index (χ2n) is 4.93. The van der Waals surface area contributed by atoms with Crippen LogP contribution in [0.1, 0.15) is 36.0 Å². The summed E-state index contributed by atoms with van der Waals surface area (Å²) < 4.78 is 4.67. The summed E-state index contributed by atoms with van der Waals surface area (Å²) in [6.45, 7) is 2.10. The topological polar surface area (TPSA) is 50.4 Å². The van der Waals surface area contributed by atoms with Gasteiger partial charge in [-0.2, -0.15) is 0 Å². The zero-order valence-corrected chi connectivity index (χ0v) is 11.4. The molecular formula is C15H22N2O2. The molecule has 2 rings (SSSR count). The second-order valence-corrected chi connectivity index (χ2v) is 4.93. The Labute approximate surface area is 114 Å². The van der Waals surface area contributed by atoms with E-state index in [9.17, 15) is 4.79 Å². The van der Waals surface area contributed by atoms with Crippen LogP contribution in [-0.4, -0.2) is 32.2 Å². The van der Waals surface area contributed by atoms with Gasteiger partial charge in [0.15, 0.2) is 0 Å². The van der Waals surface area contributed by atoms with Gasteiger partial charge in [-0.25, -0.2) is 4.79 Å². The summed E-state index contributed by atoms with van der Waals surface area (Å²) in [5.41, 5.74) is 1.63. The van der Waals surface area contributed by atoms with Gasteiger partial charge in [-0.15, -0.1) is 0 Å². The first kappa shape index (κ1) is 13.9. The number of esters is 1. The van der Waals surface area contributed by atoms with Crippen LogP contribution < -0.4 is 10.6 Å². The van der Waals surface area contributed by atoms with Gasteiger partial charge < -0.3 is 15.4 Å². The van der Waals surface area contributed by atoms with Crippen LogP contribution in [0.5, 0.6) is 0 Å². The van der Waals surface area contributed by atoms with Gasteiger partial charge in [0, 0.05) is 18.3 Å². The average Bonchev–Trinajstić information content (AvgIpc) is 2.48. The molecule has 4 nitrogen and oxygen atoms in total. The van der Waals surface area contributed by atoms with Crippen LogP contribution in [0.15, 0.2) is 24.3 Å². The van der Waals surface area contributed by atoms with Gasteiger partial charge in [-0.1, -0.05) is 6.42 Å². The Bertz CT molecular complexity index is 397. The standard InChI is InChI=1S/C15H22N2O2/c1-19-15(18)12-5-7-14(8-6-12)17-11-9-13-4-2-3-10-16-13/h5-8,13,16-17H,2-4,9-11H2,1H3. The lowest BCUT2D eigenvalue weighted by Crippen LogP contribution is -2.35. The lowest BCUT2D eigenvalue weighted by molar-refractivity contribution is 0.0601. The third-order valence-corrected chi connectivity index (χ3v) is 3.54. The highest BCUT2D eigenvalue weighted by atomic mass is 16.5. The number of piperidine rings is 1. The van der Waals surface area contributed by atoms with Crippen molar-refractivity contribution in [1.29, 1.82) is 0 Å². The van der Waals surface area contributed by atoms with Crippen LogP contribution in [0.2, 0.25) is 0 Å². The summed E-state index contributed by atoms with van der Waals surface area (Å²) in [7, 11) is 1.39. The average molecular weight is 262 g/mol. The van der Waals surface area contributed by atoms with E-state index in [1.807, 2.05) is 12.1 Å². The van der Waals surface area contributed by atoms with Gasteiger partial charge in [0.05, 0.1) is 12.7 Å². The molecular weight excluding hydrogens is 240 g/mol. The van der Waals surface area contributed by atoms with Crippen molar-refractivity contribution in [2.45, 2.75) is 31.7 Å². The van der Waals surface area contributed by atoms with Crippen LogP contribution in [0.3, 0.4) is 0 Å². The lowest BCUT2D eigenvalue weighted by Gasteiger charge is -2.23. The number of carbonyl (C=O) groups excluding carboxylic acids is 1. The molecule has 104 valence electrons. The van der Waals surface area contributed by atoms with Crippen molar-refractivity contribution < 1.29 is 9.53 Å². The predicted molar refractivity (Wildman–Crippen MR) is 76.5 cm³/mol. The fourth-order valence-corrected chi connectivity index (χ4v) is 2.40. The molecule has 19 heavy (non-hydrogen) atoms. The maximum atomic E-state index is 11.3. The number of carbonyl (C=O) groups is 1. The van der Waals surface area contributed by atoms with Crippen LogP contribution in [0.4, 0.5) is 5.69 Å². The first-order valence-electron chi connectivity index (χ1n) is 6.95. The van der Waals surface area contributed by atoms with E-state index >= 15 is 0 Å². The monoisotopic (exact) mass is 262 g/mol. The molecule has 1 unspecified atom stereocenters. The van der Waals surface area contributed by atoms with E-state index in [0.717, 1.165) is 25.2 Å². The molecule has 0 aromatic heterocycles. The van der Waals surface area contributed by atoms with Crippen LogP contribution in [0.25, 0.3) is 0 Å². The maximum Gasteiger partial charge on any atom is 0.337 e. The summed E-state index contributed by atoms with van der Waals surface area (Å²) in [5, 5.41) is 6.92. The normalized spacial score (nSPS) is 18.9. The van der Waals surface area contributed by atoms with Gasteiger partial charge in [0.2, 0.25) is 0 Å². The van der Waals surface area contributed by atoms with E-state index < -0.39 is 0 Å². The van der Waals surface area contributed by atoms with E-state index in [-0.39, 0.29) is 5.97 Å². The number of methoxy groups -OCH3 is 1. The van der Waals surface area contributed by atoms with Gasteiger partial charge in [0.1, 0.15) is 0 Å². The van der Waals surface area contributed by atoms with Gasteiger partial charge in [0.25, 0.3) is 0 Å². The Balaban J connectivity index is 1.75. The Morgan fingerprint density at radius 1 is 1.37 bits per heavy atom. The third-order valence-electron chi connectivity index (χ3n) is 3.54. The van der Waals surface area contributed by atoms with E-state index in [1.54, 1.807) is 12.1 Å². The van der Waals surface area contributed by atoms with Crippen molar-refractivity contribution in [1.82, 2.24) is 5.32 Å². The van der Waals surface area contributed by atoms with Crippen LogP contribution >= 0.6 is 0 Å². The van der Waals surface area contributed by atoms with Crippen molar-refractivity contribution >= 4 is 11.7 Å². The molecule has 0 radical (unpaired) electrons. The minimum atomic E-state index is -0.294. The Kier molecular flexibility index (Phi) is 5.21. The highest BCUT2D eigenvalue weighted by Crippen LogP contribution is 2.13. The van der Waals surface area contributed by atoms with Crippen LogP contribution in [-0.2, 0) is 4.74 Å². The van der Waals surface area contributed by atoms with Crippen molar-refractivity contribution in [3.63, 3.8) is 0 Å². The third kappa shape index (κ3) is 4.24. The van der Waals surface area contributed by atoms with E-state index in [2.05, 4.69) is 15.4 Å². The number of nitrogens with one attached hydrogen (secondary N) is 2. The first-order chi connectivity index (χ1) is 9.29. The molecule has 0 saturated carbocycles. The summed E-state index contributed by atoms with van der Waals surface area (Å²) in [6.07, 6.45) is 5.06. The lowest BCUT2D eigenvalue weighted by atomic mass is 10.0. The Morgan fingerprint density at radius 2 is 2.16 bits per heavy atom.